The Balaban J connectivity index is 1.87. The molecule has 1 heterocycles. The molecule has 4 nitrogen and oxygen atoms in total. The molecular formula is C17H26N2O2S. The second-order valence-electron chi connectivity index (χ2n) is 6.06. The van der Waals surface area contributed by atoms with E-state index in [4.69, 9.17) is 5.11 Å². The Morgan fingerprint density at radius 3 is 2.82 bits per heavy atom. The SMILES string of the molecule is C[C@@]1(CNC(=O)N[C@H](CCCO)c2ccccc2)CCCS1. The zero-order valence-corrected chi connectivity index (χ0v) is 14.0. The number of nitrogens with one attached hydrogen (secondary N) is 2. The normalized spacial score (nSPS) is 22.3. The summed E-state index contributed by atoms with van der Waals surface area (Å²) in [5.74, 6) is 1.18. The molecule has 5 heteroatoms. The minimum absolute atomic E-state index is 0.0580. The summed E-state index contributed by atoms with van der Waals surface area (Å²) in [6.45, 7) is 3.05. The van der Waals surface area contributed by atoms with Crippen molar-refractivity contribution in [3.05, 3.63) is 35.9 Å². The number of carbonyl (C=O) groups is 1. The number of aliphatic hydroxyl groups is 1. The molecule has 122 valence electrons. The van der Waals surface area contributed by atoms with Gasteiger partial charge in [0.05, 0.1) is 6.04 Å². The summed E-state index contributed by atoms with van der Waals surface area (Å²) in [5.41, 5.74) is 1.08. The largest absolute Gasteiger partial charge is 0.396 e. The maximum atomic E-state index is 12.2. The average molecular weight is 322 g/mol. The van der Waals surface area contributed by atoms with Gasteiger partial charge in [-0.2, -0.15) is 11.8 Å². The second kappa shape index (κ2) is 8.44. The topological polar surface area (TPSA) is 61.4 Å². The average Bonchev–Trinajstić information content (AvgIpc) is 2.97. The van der Waals surface area contributed by atoms with Crippen LogP contribution in [-0.2, 0) is 0 Å². The van der Waals surface area contributed by atoms with Crippen LogP contribution in [0.1, 0.15) is 44.2 Å². The highest BCUT2D eigenvalue weighted by atomic mass is 32.2. The fraction of sp³-hybridized carbons (Fsp3) is 0.588. The Hall–Kier alpha value is -1.20. The van der Waals surface area contributed by atoms with Crippen molar-refractivity contribution < 1.29 is 9.90 Å². The summed E-state index contributed by atoms with van der Waals surface area (Å²) in [6, 6.07) is 9.74. The smallest absolute Gasteiger partial charge is 0.315 e. The van der Waals surface area contributed by atoms with Gasteiger partial charge < -0.3 is 15.7 Å². The minimum Gasteiger partial charge on any atom is -0.396 e. The van der Waals surface area contributed by atoms with Gasteiger partial charge >= 0.3 is 6.03 Å². The molecule has 0 saturated carbocycles. The van der Waals surface area contributed by atoms with Crippen LogP contribution < -0.4 is 10.6 Å². The molecular weight excluding hydrogens is 296 g/mol. The van der Waals surface area contributed by atoms with Gasteiger partial charge in [-0.05, 0) is 43.9 Å². The van der Waals surface area contributed by atoms with Crippen molar-refractivity contribution in [2.45, 2.75) is 43.4 Å². The number of thioether (sulfide) groups is 1. The van der Waals surface area contributed by atoms with E-state index in [2.05, 4.69) is 17.6 Å². The van der Waals surface area contributed by atoms with E-state index in [-0.39, 0.29) is 23.4 Å². The monoisotopic (exact) mass is 322 g/mol. The predicted molar refractivity (Wildman–Crippen MR) is 92.1 cm³/mol. The first-order valence-electron chi connectivity index (χ1n) is 7.97. The van der Waals surface area contributed by atoms with Crippen molar-refractivity contribution in [1.29, 1.82) is 0 Å². The van der Waals surface area contributed by atoms with Crippen molar-refractivity contribution >= 4 is 17.8 Å². The number of urea groups is 1. The van der Waals surface area contributed by atoms with Crippen LogP contribution in [0.15, 0.2) is 30.3 Å². The summed E-state index contributed by atoms with van der Waals surface area (Å²) in [4.78, 5) is 12.2. The maximum absolute atomic E-state index is 12.2. The Morgan fingerprint density at radius 1 is 1.41 bits per heavy atom. The van der Waals surface area contributed by atoms with Crippen LogP contribution in [0, 0.1) is 0 Å². The van der Waals surface area contributed by atoms with E-state index >= 15 is 0 Å². The van der Waals surface area contributed by atoms with Crippen LogP contribution in [0.25, 0.3) is 0 Å². The standard InChI is InChI=1S/C17H26N2O2S/c1-17(10-6-12-22-17)13-18-16(21)19-15(9-5-11-20)14-7-3-2-4-8-14/h2-4,7-8,15,20H,5-6,9-13H2,1H3,(H2,18,19,21)/t15-,17+/m1/s1. The van der Waals surface area contributed by atoms with E-state index in [1.165, 1.54) is 12.2 Å². The molecule has 1 aliphatic heterocycles. The Labute approximate surface area is 137 Å². The fourth-order valence-corrected chi connectivity index (χ4v) is 4.00. The highest BCUT2D eigenvalue weighted by Gasteiger charge is 2.29. The second-order valence-corrected chi connectivity index (χ2v) is 7.74. The third-order valence-corrected chi connectivity index (χ3v) is 5.62. The molecule has 1 aromatic rings. The molecule has 0 bridgehead atoms. The van der Waals surface area contributed by atoms with Crippen LogP contribution in [-0.4, -0.2) is 34.8 Å². The molecule has 2 amide bonds. The van der Waals surface area contributed by atoms with Gasteiger partial charge in [-0.25, -0.2) is 4.79 Å². The van der Waals surface area contributed by atoms with Crippen LogP contribution in [0.3, 0.4) is 0 Å². The third-order valence-electron chi connectivity index (χ3n) is 4.08. The van der Waals surface area contributed by atoms with Crippen LogP contribution >= 0.6 is 11.8 Å². The molecule has 3 N–H and O–H groups in total. The first-order chi connectivity index (χ1) is 10.6. The molecule has 2 rings (SSSR count). The van der Waals surface area contributed by atoms with E-state index in [9.17, 15) is 4.79 Å². The maximum Gasteiger partial charge on any atom is 0.315 e. The van der Waals surface area contributed by atoms with Gasteiger partial charge in [-0.1, -0.05) is 30.3 Å². The van der Waals surface area contributed by atoms with E-state index in [0.29, 0.717) is 13.0 Å². The molecule has 2 atom stereocenters. The van der Waals surface area contributed by atoms with E-state index < -0.39 is 0 Å². The lowest BCUT2D eigenvalue weighted by Crippen LogP contribution is -2.43. The highest BCUT2D eigenvalue weighted by molar-refractivity contribution is 8.00. The molecule has 0 spiro atoms. The molecule has 0 aromatic heterocycles. The number of benzene rings is 1. The van der Waals surface area contributed by atoms with Crippen molar-refractivity contribution in [3.63, 3.8) is 0 Å². The highest BCUT2D eigenvalue weighted by Crippen LogP contribution is 2.36. The van der Waals surface area contributed by atoms with E-state index in [0.717, 1.165) is 18.4 Å². The summed E-state index contributed by atoms with van der Waals surface area (Å²) >= 11 is 1.94. The van der Waals surface area contributed by atoms with Gasteiger partial charge in [-0.15, -0.1) is 0 Å². The van der Waals surface area contributed by atoms with Gasteiger partial charge in [0.2, 0.25) is 0 Å². The predicted octanol–water partition coefficient (Wildman–Crippen LogP) is 3.09. The number of hydrogen-bond donors (Lipinski definition) is 3. The van der Waals surface area contributed by atoms with Crippen LogP contribution in [0.4, 0.5) is 4.79 Å². The van der Waals surface area contributed by atoms with Gasteiger partial charge in [0.1, 0.15) is 0 Å². The molecule has 0 radical (unpaired) electrons. The fourth-order valence-electron chi connectivity index (χ4n) is 2.76. The van der Waals surface area contributed by atoms with Crippen molar-refractivity contribution in [2.24, 2.45) is 0 Å². The van der Waals surface area contributed by atoms with Crippen molar-refractivity contribution in [2.75, 3.05) is 18.9 Å². The molecule has 1 fully saturated rings. The van der Waals surface area contributed by atoms with Crippen LogP contribution in [0.5, 0.6) is 0 Å². The van der Waals surface area contributed by atoms with Gasteiger partial charge in [0.15, 0.2) is 0 Å². The van der Waals surface area contributed by atoms with E-state index in [1.54, 1.807) is 0 Å². The summed E-state index contributed by atoms with van der Waals surface area (Å²) < 4.78 is 0.171. The van der Waals surface area contributed by atoms with Crippen molar-refractivity contribution in [3.8, 4) is 0 Å². The molecule has 22 heavy (non-hydrogen) atoms. The third kappa shape index (κ3) is 5.21. The van der Waals surface area contributed by atoms with Gasteiger partial charge in [0.25, 0.3) is 0 Å². The molecule has 1 saturated heterocycles. The van der Waals surface area contributed by atoms with Gasteiger partial charge in [0, 0.05) is 17.9 Å². The number of hydrogen-bond acceptors (Lipinski definition) is 3. The van der Waals surface area contributed by atoms with E-state index in [1.807, 2.05) is 42.1 Å². The number of amides is 2. The first-order valence-corrected chi connectivity index (χ1v) is 8.96. The quantitative estimate of drug-likeness (QED) is 0.723. The Morgan fingerprint density at radius 2 is 2.18 bits per heavy atom. The van der Waals surface area contributed by atoms with Crippen LogP contribution in [0.2, 0.25) is 0 Å². The molecule has 1 aliphatic rings. The Kier molecular flexibility index (Phi) is 6.58. The summed E-state index contributed by atoms with van der Waals surface area (Å²) in [5, 5.41) is 15.1. The molecule has 0 unspecified atom stereocenters. The lowest BCUT2D eigenvalue weighted by Gasteiger charge is -2.25. The molecule has 0 aliphatic carbocycles. The zero-order chi connectivity index (χ0) is 15.8. The number of rotatable bonds is 7. The van der Waals surface area contributed by atoms with Crippen molar-refractivity contribution in [1.82, 2.24) is 10.6 Å². The number of carbonyl (C=O) groups excluding carboxylic acids is 1. The first kappa shape index (κ1) is 17.2. The summed E-state index contributed by atoms with van der Waals surface area (Å²) in [7, 11) is 0. The molecule has 1 aromatic carbocycles. The summed E-state index contributed by atoms with van der Waals surface area (Å²) in [6.07, 6.45) is 3.80. The number of aliphatic hydroxyl groups excluding tert-OH is 1. The Bertz CT molecular complexity index is 461. The lowest BCUT2D eigenvalue weighted by atomic mass is 10.0. The minimum atomic E-state index is -0.125. The lowest BCUT2D eigenvalue weighted by molar-refractivity contribution is 0.232. The zero-order valence-electron chi connectivity index (χ0n) is 13.2. The van der Waals surface area contributed by atoms with Gasteiger partial charge in [-0.3, -0.25) is 0 Å².